The fraction of sp³-hybridized carbons (Fsp3) is 0.467. The normalized spacial score (nSPS) is 10.4. The van der Waals surface area contributed by atoms with E-state index in [0.29, 0.717) is 0 Å². The van der Waals surface area contributed by atoms with Crippen molar-refractivity contribution in [2.75, 3.05) is 12.8 Å². The number of benzene rings is 1. The number of rotatable bonds is 9. The van der Waals surface area contributed by atoms with Crippen LogP contribution < -0.4 is 5.32 Å². The molecule has 0 spiro atoms. The van der Waals surface area contributed by atoms with Gasteiger partial charge >= 0.3 is 0 Å². The Kier molecular flexibility index (Phi) is 7.85. The Labute approximate surface area is 110 Å². The lowest BCUT2D eigenvalue weighted by molar-refractivity contribution is 0.735. The molecule has 0 atom stereocenters. The van der Waals surface area contributed by atoms with Crippen LogP contribution in [0.1, 0.15) is 31.2 Å². The molecule has 0 aliphatic heterocycles. The zero-order valence-corrected chi connectivity index (χ0v) is 11.6. The zero-order chi connectivity index (χ0) is 12.3. The van der Waals surface area contributed by atoms with Crippen molar-refractivity contribution in [3.8, 4) is 0 Å². The molecule has 17 heavy (non-hydrogen) atoms. The molecule has 0 radical (unpaired) electrons. The first kappa shape index (κ1) is 14.3. The second-order valence-corrected chi connectivity index (χ2v) is 5.33. The molecule has 1 aromatic rings. The predicted octanol–water partition coefficient (Wildman–Crippen LogP) is 4.24. The average Bonchev–Trinajstić information content (AvgIpc) is 2.36. The second-order valence-electron chi connectivity index (χ2n) is 4.16. The van der Waals surface area contributed by atoms with Crippen LogP contribution in [0.2, 0.25) is 0 Å². The maximum atomic E-state index is 3.74. The topological polar surface area (TPSA) is 12.0 Å². The van der Waals surface area contributed by atoms with Gasteiger partial charge in [0.2, 0.25) is 0 Å². The van der Waals surface area contributed by atoms with Crippen LogP contribution in [-0.4, -0.2) is 12.8 Å². The van der Waals surface area contributed by atoms with Crippen molar-refractivity contribution in [2.45, 2.75) is 37.1 Å². The molecular weight excluding hydrogens is 226 g/mol. The first-order chi connectivity index (χ1) is 8.36. The molecule has 0 unspecified atom stereocenters. The molecule has 0 fully saturated rings. The third-order valence-electron chi connectivity index (χ3n) is 2.63. The highest BCUT2D eigenvalue weighted by molar-refractivity contribution is 7.99. The molecule has 94 valence electrons. The van der Waals surface area contributed by atoms with E-state index in [2.05, 4.69) is 36.2 Å². The summed E-state index contributed by atoms with van der Waals surface area (Å²) in [5.74, 6) is 1.22. The fourth-order valence-electron chi connectivity index (χ4n) is 1.67. The molecular formula is C15H23NS. The van der Waals surface area contributed by atoms with E-state index in [9.17, 15) is 0 Å². The number of hydrogen-bond acceptors (Lipinski definition) is 2. The van der Waals surface area contributed by atoms with E-state index in [1.807, 2.05) is 24.9 Å². The molecule has 0 aliphatic rings. The summed E-state index contributed by atoms with van der Waals surface area (Å²) in [6.07, 6.45) is 7.07. The van der Waals surface area contributed by atoms with Gasteiger partial charge in [-0.05, 0) is 49.8 Å². The Morgan fingerprint density at radius 3 is 2.59 bits per heavy atom. The van der Waals surface area contributed by atoms with Crippen LogP contribution in [0.4, 0.5) is 0 Å². The molecule has 1 N–H and O–H groups in total. The van der Waals surface area contributed by atoms with E-state index >= 15 is 0 Å². The van der Waals surface area contributed by atoms with Gasteiger partial charge in [0.1, 0.15) is 0 Å². The van der Waals surface area contributed by atoms with Crippen molar-refractivity contribution in [1.82, 2.24) is 5.32 Å². The van der Waals surface area contributed by atoms with E-state index in [0.717, 1.165) is 13.0 Å². The van der Waals surface area contributed by atoms with Crippen LogP contribution in [0.5, 0.6) is 0 Å². The summed E-state index contributed by atoms with van der Waals surface area (Å²) in [6, 6.07) is 8.86. The Balaban J connectivity index is 2.16. The van der Waals surface area contributed by atoms with Gasteiger partial charge in [0.15, 0.2) is 0 Å². The molecule has 0 bridgehead atoms. The third kappa shape index (κ3) is 6.54. The summed E-state index contributed by atoms with van der Waals surface area (Å²) in [4.78, 5) is 1.38. The minimum atomic E-state index is 0.951. The zero-order valence-electron chi connectivity index (χ0n) is 10.7. The molecule has 0 heterocycles. The number of hydrogen-bond donors (Lipinski definition) is 1. The van der Waals surface area contributed by atoms with E-state index in [-0.39, 0.29) is 0 Å². The summed E-state index contributed by atoms with van der Waals surface area (Å²) in [5, 5.41) is 3.16. The standard InChI is InChI=1S/C15H23NS/c1-3-4-5-6-7-12-17-15-10-8-14(9-11-15)13-16-2/h3,8-11,16H,1,4-7,12-13H2,2H3. The monoisotopic (exact) mass is 249 g/mol. The maximum absolute atomic E-state index is 3.74. The lowest BCUT2D eigenvalue weighted by atomic mass is 10.2. The Morgan fingerprint density at radius 1 is 1.18 bits per heavy atom. The Bertz CT molecular complexity index is 305. The largest absolute Gasteiger partial charge is 0.316 e. The van der Waals surface area contributed by atoms with Crippen molar-refractivity contribution in [3.63, 3.8) is 0 Å². The van der Waals surface area contributed by atoms with Crippen LogP contribution in [0.3, 0.4) is 0 Å². The van der Waals surface area contributed by atoms with E-state index in [4.69, 9.17) is 0 Å². The molecule has 0 amide bonds. The van der Waals surface area contributed by atoms with Crippen molar-refractivity contribution in [3.05, 3.63) is 42.5 Å². The van der Waals surface area contributed by atoms with Crippen LogP contribution in [0.25, 0.3) is 0 Å². The molecule has 2 heteroatoms. The van der Waals surface area contributed by atoms with Gasteiger partial charge in [0.05, 0.1) is 0 Å². The number of allylic oxidation sites excluding steroid dienone is 1. The molecule has 0 aliphatic carbocycles. The van der Waals surface area contributed by atoms with Crippen LogP contribution in [0.15, 0.2) is 41.8 Å². The highest BCUT2D eigenvalue weighted by Crippen LogP contribution is 2.20. The highest BCUT2D eigenvalue weighted by Gasteiger charge is 1.95. The van der Waals surface area contributed by atoms with Gasteiger partial charge in [-0.25, -0.2) is 0 Å². The lowest BCUT2D eigenvalue weighted by Gasteiger charge is -2.03. The number of thioether (sulfide) groups is 1. The van der Waals surface area contributed by atoms with Crippen molar-refractivity contribution in [1.29, 1.82) is 0 Å². The third-order valence-corrected chi connectivity index (χ3v) is 3.72. The summed E-state index contributed by atoms with van der Waals surface area (Å²) in [5.41, 5.74) is 1.35. The molecule has 0 saturated heterocycles. The average molecular weight is 249 g/mol. The molecule has 0 aromatic heterocycles. The van der Waals surface area contributed by atoms with Gasteiger partial charge in [0.25, 0.3) is 0 Å². The molecule has 1 rings (SSSR count). The van der Waals surface area contributed by atoms with Gasteiger partial charge in [0, 0.05) is 11.4 Å². The molecule has 1 aromatic carbocycles. The van der Waals surface area contributed by atoms with E-state index in [1.54, 1.807) is 0 Å². The maximum Gasteiger partial charge on any atom is 0.0202 e. The summed E-state index contributed by atoms with van der Waals surface area (Å²) in [7, 11) is 1.98. The first-order valence-corrected chi connectivity index (χ1v) is 7.32. The lowest BCUT2D eigenvalue weighted by Crippen LogP contribution is -2.04. The Hall–Kier alpha value is -0.730. The van der Waals surface area contributed by atoms with Gasteiger partial charge < -0.3 is 5.32 Å². The van der Waals surface area contributed by atoms with Gasteiger partial charge in [-0.3, -0.25) is 0 Å². The highest BCUT2D eigenvalue weighted by atomic mass is 32.2. The molecule has 0 saturated carbocycles. The van der Waals surface area contributed by atoms with Gasteiger partial charge in [-0.2, -0.15) is 0 Å². The number of unbranched alkanes of at least 4 members (excludes halogenated alkanes) is 3. The van der Waals surface area contributed by atoms with Crippen LogP contribution in [-0.2, 0) is 6.54 Å². The van der Waals surface area contributed by atoms with Crippen molar-refractivity contribution >= 4 is 11.8 Å². The minimum absolute atomic E-state index is 0.951. The van der Waals surface area contributed by atoms with Crippen molar-refractivity contribution < 1.29 is 0 Å². The summed E-state index contributed by atoms with van der Waals surface area (Å²) < 4.78 is 0. The summed E-state index contributed by atoms with van der Waals surface area (Å²) >= 11 is 1.96. The van der Waals surface area contributed by atoms with Crippen molar-refractivity contribution in [2.24, 2.45) is 0 Å². The quantitative estimate of drug-likeness (QED) is 0.399. The second kappa shape index (κ2) is 9.32. The van der Waals surface area contributed by atoms with Gasteiger partial charge in [-0.1, -0.05) is 24.6 Å². The predicted molar refractivity (Wildman–Crippen MR) is 78.6 cm³/mol. The van der Waals surface area contributed by atoms with Crippen LogP contribution in [0, 0.1) is 0 Å². The smallest absolute Gasteiger partial charge is 0.0202 e. The van der Waals surface area contributed by atoms with E-state index in [1.165, 1.54) is 35.5 Å². The minimum Gasteiger partial charge on any atom is -0.316 e. The first-order valence-electron chi connectivity index (χ1n) is 6.34. The summed E-state index contributed by atoms with van der Waals surface area (Å²) in [6.45, 7) is 4.69. The number of nitrogens with one attached hydrogen (secondary N) is 1. The Morgan fingerprint density at radius 2 is 1.94 bits per heavy atom. The van der Waals surface area contributed by atoms with E-state index < -0.39 is 0 Å². The van der Waals surface area contributed by atoms with Gasteiger partial charge in [-0.15, -0.1) is 18.3 Å². The molecule has 1 nitrogen and oxygen atoms in total. The van der Waals surface area contributed by atoms with Crippen LogP contribution >= 0.6 is 11.8 Å². The SMILES string of the molecule is C=CCCCCCSc1ccc(CNC)cc1. The fourth-order valence-corrected chi connectivity index (χ4v) is 2.58.